The summed E-state index contributed by atoms with van der Waals surface area (Å²) in [7, 11) is 0. The van der Waals surface area contributed by atoms with E-state index < -0.39 is 11.9 Å². The van der Waals surface area contributed by atoms with Gasteiger partial charge in [-0.15, -0.1) is 5.10 Å². The number of nitrogens with zero attached hydrogens (tertiary/aromatic N) is 4. The molecule has 3 N–H and O–H groups in total. The molecule has 1 amide bonds. The molecule has 0 aromatic carbocycles. The van der Waals surface area contributed by atoms with Gasteiger partial charge in [0.05, 0.1) is 5.57 Å². The summed E-state index contributed by atoms with van der Waals surface area (Å²) in [6.45, 7) is 3.86. The van der Waals surface area contributed by atoms with Crippen molar-refractivity contribution in [1.29, 1.82) is 0 Å². The highest BCUT2D eigenvalue weighted by atomic mass is 32.2. The molecule has 8 heteroatoms. The van der Waals surface area contributed by atoms with Crippen LogP contribution in [-0.2, 0) is 4.79 Å². The molecule has 2 aromatic rings. The number of aromatic nitrogens is 4. The van der Waals surface area contributed by atoms with Crippen molar-refractivity contribution in [3.8, 4) is 0 Å². The molecule has 3 rings (SSSR count). The molecule has 1 aliphatic heterocycles. The van der Waals surface area contributed by atoms with E-state index in [0.29, 0.717) is 22.4 Å². The molecule has 0 saturated heterocycles. The van der Waals surface area contributed by atoms with Gasteiger partial charge in [-0.3, -0.25) is 9.78 Å². The van der Waals surface area contributed by atoms with E-state index in [9.17, 15) is 4.79 Å². The van der Waals surface area contributed by atoms with E-state index in [4.69, 9.17) is 5.73 Å². The van der Waals surface area contributed by atoms with Gasteiger partial charge in [-0.25, -0.2) is 4.68 Å². The number of thioether (sulfide) groups is 1. The van der Waals surface area contributed by atoms with Gasteiger partial charge in [0.25, 0.3) is 0 Å². The standard InChI is InChI=1S/C14H16N6OS/c1-3-22-14-18-13-17-8(2)10(12(15)21)11(20(13)19-14)9-4-6-16-7-5-9/h4-7,11H,3H2,1-2H3,(H2,15,21)(H,17,18,19). The van der Waals surface area contributed by atoms with Crippen molar-refractivity contribution < 1.29 is 4.79 Å². The Morgan fingerprint density at radius 1 is 1.45 bits per heavy atom. The van der Waals surface area contributed by atoms with E-state index in [0.717, 1.165) is 11.3 Å². The third-order valence-corrected chi connectivity index (χ3v) is 4.11. The van der Waals surface area contributed by atoms with E-state index in [1.807, 2.05) is 26.0 Å². The number of pyridine rings is 1. The first-order chi connectivity index (χ1) is 10.6. The molecule has 1 atom stereocenters. The lowest BCUT2D eigenvalue weighted by molar-refractivity contribution is -0.115. The average molecular weight is 316 g/mol. The van der Waals surface area contributed by atoms with Crippen molar-refractivity contribution in [2.75, 3.05) is 11.1 Å². The van der Waals surface area contributed by atoms with Gasteiger partial charge in [0.1, 0.15) is 6.04 Å². The third-order valence-electron chi connectivity index (χ3n) is 3.39. The molecule has 0 aliphatic carbocycles. The minimum atomic E-state index is -0.474. The summed E-state index contributed by atoms with van der Waals surface area (Å²) in [6, 6.07) is 3.31. The molecule has 0 spiro atoms. The Bertz CT molecular complexity index is 739. The number of hydrogen-bond donors (Lipinski definition) is 2. The van der Waals surface area contributed by atoms with Crippen LogP contribution in [0.4, 0.5) is 5.95 Å². The SMILES string of the molecule is CCSc1nc2n(n1)C(c1ccncc1)C(C(N)=O)=C(C)N2. The molecular weight excluding hydrogens is 300 g/mol. The van der Waals surface area contributed by atoms with Gasteiger partial charge in [0.15, 0.2) is 0 Å². The zero-order chi connectivity index (χ0) is 15.7. The van der Waals surface area contributed by atoms with Gasteiger partial charge < -0.3 is 11.1 Å². The van der Waals surface area contributed by atoms with Crippen LogP contribution in [0.1, 0.15) is 25.5 Å². The van der Waals surface area contributed by atoms with Crippen LogP contribution in [-0.4, -0.2) is 31.4 Å². The fourth-order valence-corrected chi connectivity index (χ4v) is 3.05. The van der Waals surface area contributed by atoms with E-state index >= 15 is 0 Å². The predicted molar refractivity (Wildman–Crippen MR) is 84.3 cm³/mol. The third kappa shape index (κ3) is 2.45. The molecule has 0 saturated carbocycles. The Balaban J connectivity index is 2.16. The summed E-state index contributed by atoms with van der Waals surface area (Å²) in [5, 5.41) is 8.29. The summed E-state index contributed by atoms with van der Waals surface area (Å²) in [5.74, 6) is 1.01. The number of allylic oxidation sites excluding steroid dienone is 1. The monoisotopic (exact) mass is 316 g/mol. The summed E-state index contributed by atoms with van der Waals surface area (Å²) in [4.78, 5) is 20.4. The lowest BCUT2D eigenvalue weighted by atomic mass is 9.96. The van der Waals surface area contributed by atoms with Gasteiger partial charge in [0, 0.05) is 18.1 Å². The number of nitrogens with two attached hydrogens (primary N) is 1. The number of nitrogens with one attached hydrogen (secondary N) is 1. The molecule has 0 radical (unpaired) electrons. The van der Waals surface area contributed by atoms with E-state index in [-0.39, 0.29) is 0 Å². The van der Waals surface area contributed by atoms with Crippen LogP contribution in [0.2, 0.25) is 0 Å². The number of primary amides is 1. The van der Waals surface area contributed by atoms with Gasteiger partial charge in [-0.05, 0) is 30.4 Å². The normalized spacial score (nSPS) is 17.1. The fraction of sp³-hybridized carbons (Fsp3) is 0.286. The largest absolute Gasteiger partial charge is 0.366 e. The molecule has 0 fully saturated rings. The maximum atomic E-state index is 11.9. The highest BCUT2D eigenvalue weighted by Crippen LogP contribution is 2.35. The quantitative estimate of drug-likeness (QED) is 0.831. The number of amides is 1. The number of rotatable bonds is 4. The van der Waals surface area contributed by atoms with Crippen LogP contribution in [0.15, 0.2) is 41.0 Å². The Morgan fingerprint density at radius 3 is 2.82 bits per heavy atom. The molecule has 7 nitrogen and oxygen atoms in total. The first-order valence-electron chi connectivity index (χ1n) is 6.88. The number of carbonyl (C=O) groups is 1. The van der Waals surface area contributed by atoms with Crippen molar-refractivity contribution in [1.82, 2.24) is 19.7 Å². The first-order valence-corrected chi connectivity index (χ1v) is 7.87. The molecule has 22 heavy (non-hydrogen) atoms. The van der Waals surface area contributed by atoms with Crippen molar-refractivity contribution in [3.63, 3.8) is 0 Å². The van der Waals surface area contributed by atoms with Crippen molar-refractivity contribution in [3.05, 3.63) is 41.4 Å². The highest BCUT2D eigenvalue weighted by molar-refractivity contribution is 7.99. The van der Waals surface area contributed by atoms with E-state index in [2.05, 4.69) is 20.4 Å². The average Bonchev–Trinajstić information content (AvgIpc) is 2.88. The predicted octanol–water partition coefficient (Wildman–Crippen LogP) is 1.56. The molecule has 1 aliphatic rings. The second kappa shape index (κ2) is 5.80. The summed E-state index contributed by atoms with van der Waals surface area (Å²) in [5.41, 5.74) is 7.66. The molecular formula is C14H16N6OS. The molecule has 3 heterocycles. The summed E-state index contributed by atoms with van der Waals surface area (Å²) < 4.78 is 1.71. The minimum Gasteiger partial charge on any atom is -0.366 e. The van der Waals surface area contributed by atoms with Gasteiger partial charge in [0.2, 0.25) is 17.0 Å². The zero-order valence-corrected chi connectivity index (χ0v) is 13.1. The Labute approximate surface area is 132 Å². The Hall–Kier alpha value is -2.35. The van der Waals surface area contributed by atoms with Crippen molar-refractivity contribution in [2.45, 2.75) is 25.0 Å². The lowest BCUT2D eigenvalue weighted by Crippen LogP contribution is -2.31. The van der Waals surface area contributed by atoms with Crippen LogP contribution >= 0.6 is 11.8 Å². The van der Waals surface area contributed by atoms with Crippen LogP contribution < -0.4 is 11.1 Å². The van der Waals surface area contributed by atoms with Gasteiger partial charge in [-0.1, -0.05) is 18.7 Å². The van der Waals surface area contributed by atoms with E-state index in [1.54, 1.807) is 28.8 Å². The van der Waals surface area contributed by atoms with Gasteiger partial charge in [-0.2, -0.15) is 4.98 Å². The van der Waals surface area contributed by atoms with Crippen molar-refractivity contribution in [2.24, 2.45) is 5.73 Å². The number of anilines is 1. The number of carbonyl (C=O) groups excluding carboxylic acids is 1. The number of fused-ring (bicyclic) bond motifs is 1. The molecule has 114 valence electrons. The highest BCUT2D eigenvalue weighted by Gasteiger charge is 2.33. The first kappa shape index (κ1) is 14.6. The maximum absolute atomic E-state index is 11.9. The second-order valence-corrected chi connectivity index (χ2v) is 6.04. The smallest absolute Gasteiger partial charge is 0.248 e. The fourth-order valence-electron chi connectivity index (χ4n) is 2.49. The molecule has 1 unspecified atom stereocenters. The molecule has 0 bridgehead atoms. The summed E-state index contributed by atoms with van der Waals surface area (Å²) >= 11 is 1.55. The lowest BCUT2D eigenvalue weighted by Gasteiger charge is -2.27. The number of hydrogen-bond acceptors (Lipinski definition) is 6. The summed E-state index contributed by atoms with van der Waals surface area (Å²) in [6.07, 6.45) is 3.37. The minimum absolute atomic E-state index is 0.393. The second-order valence-electron chi connectivity index (χ2n) is 4.81. The maximum Gasteiger partial charge on any atom is 0.248 e. The van der Waals surface area contributed by atoms with Crippen LogP contribution in [0.3, 0.4) is 0 Å². The van der Waals surface area contributed by atoms with Crippen LogP contribution in [0, 0.1) is 0 Å². The van der Waals surface area contributed by atoms with Gasteiger partial charge >= 0.3 is 0 Å². The topological polar surface area (TPSA) is 98.7 Å². The van der Waals surface area contributed by atoms with Crippen LogP contribution in [0.25, 0.3) is 0 Å². The Morgan fingerprint density at radius 2 is 2.18 bits per heavy atom. The molecule has 2 aromatic heterocycles. The van der Waals surface area contributed by atoms with E-state index in [1.165, 1.54) is 0 Å². The zero-order valence-electron chi connectivity index (χ0n) is 12.3. The Kier molecular flexibility index (Phi) is 3.84. The van der Waals surface area contributed by atoms with Crippen LogP contribution in [0.5, 0.6) is 0 Å². The van der Waals surface area contributed by atoms with Crippen molar-refractivity contribution >= 4 is 23.6 Å².